The minimum Gasteiger partial charge on any atom is -0.479 e. The van der Waals surface area contributed by atoms with Crippen LogP contribution in [0.15, 0.2) is 42.7 Å². The van der Waals surface area contributed by atoms with Gasteiger partial charge in [-0.3, -0.25) is 4.40 Å². The zero-order valence-electron chi connectivity index (χ0n) is 10.4. The van der Waals surface area contributed by atoms with Gasteiger partial charge in [-0.25, -0.2) is 9.97 Å². The number of methoxy groups -OCH3 is 1. The first kappa shape index (κ1) is 11.7. The Hall–Kier alpha value is -2.40. The van der Waals surface area contributed by atoms with Crippen molar-refractivity contribution in [2.75, 3.05) is 7.11 Å². The minimum absolute atomic E-state index is 0.140. The maximum atomic E-state index is 9.26. The van der Waals surface area contributed by atoms with E-state index in [9.17, 15) is 5.11 Å². The number of aromatic nitrogens is 3. The zero-order chi connectivity index (χ0) is 13.2. The molecule has 96 valence electrons. The molecule has 0 bridgehead atoms. The third-order valence-electron chi connectivity index (χ3n) is 2.93. The molecule has 1 N–H and O–H groups in total. The molecule has 2 aromatic heterocycles. The van der Waals surface area contributed by atoms with E-state index >= 15 is 0 Å². The van der Waals surface area contributed by atoms with Crippen molar-refractivity contribution in [1.29, 1.82) is 0 Å². The predicted octanol–water partition coefficient (Wildman–Crippen LogP) is 1.90. The second-order valence-electron chi connectivity index (χ2n) is 4.10. The number of aliphatic hydroxyl groups is 1. The SMILES string of the molecule is COc1nc(CO)cn2c(-c3ccccc3)ncc12. The smallest absolute Gasteiger partial charge is 0.240 e. The van der Waals surface area contributed by atoms with Gasteiger partial charge in [0.05, 0.1) is 25.6 Å². The van der Waals surface area contributed by atoms with E-state index in [1.54, 1.807) is 19.5 Å². The van der Waals surface area contributed by atoms with Crippen molar-refractivity contribution in [2.24, 2.45) is 0 Å². The van der Waals surface area contributed by atoms with E-state index in [2.05, 4.69) is 9.97 Å². The summed E-state index contributed by atoms with van der Waals surface area (Å²) in [5.74, 6) is 1.26. The molecule has 0 unspecified atom stereocenters. The van der Waals surface area contributed by atoms with E-state index < -0.39 is 0 Å². The highest BCUT2D eigenvalue weighted by atomic mass is 16.5. The first-order chi connectivity index (χ1) is 9.33. The van der Waals surface area contributed by atoms with Crippen LogP contribution in [0.1, 0.15) is 5.69 Å². The van der Waals surface area contributed by atoms with Gasteiger partial charge in [0.1, 0.15) is 11.3 Å². The van der Waals surface area contributed by atoms with Gasteiger partial charge in [0.15, 0.2) is 0 Å². The Balaban J connectivity index is 2.27. The van der Waals surface area contributed by atoms with E-state index in [0.29, 0.717) is 11.6 Å². The average Bonchev–Trinajstić information content (AvgIpc) is 2.90. The van der Waals surface area contributed by atoms with Crippen molar-refractivity contribution in [3.63, 3.8) is 0 Å². The van der Waals surface area contributed by atoms with E-state index in [-0.39, 0.29) is 6.61 Å². The molecule has 0 spiro atoms. The van der Waals surface area contributed by atoms with Gasteiger partial charge < -0.3 is 9.84 Å². The molecule has 0 amide bonds. The Morgan fingerprint density at radius 3 is 2.74 bits per heavy atom. The number of aliphatic hydroxyl groups excluding tert-OH is 1. The fourth-order valence-corrected chi connectivity index (χ4v) is 2.04. The highest BCUT2D eigenvalue weighted by molar-refractivity contribution is 5.65. The molecule has 3 aromatic rings. The number of rotatable bonds is 3. The van der Waals surface area contributed by atoms with Crippen molar-refractivity contribution in [1.82, 2.24) is 14.4 Å². The Morgan fingerprint density at radius 1 is 1.26 bits per heavy atom. The molecule has 0 aliphatic heterocycles. The monoisotopic (exact) mass is 255 g/mol. The van der Waals surface area contributed by atoms with Crippen LogP contribution in [-0.4, -0.2) is 26.6 Å². The van der Waals surface area contributed by atoms with Gasteiger partial charge in [0.2, 0.25) is 5.88 Å². The normalized spacial score (nSPS) is 10.8. The second-order valence-corrected chi connectivity index (χ2v) is 4.10. The van der Waals surface area contributed by atoms with Crippen molar-refractivity contribution in [3.05, 3.63) is 48.4 Å². The Kier molecular flexibility index (Phi) is 2.89. The average molecular weight is 255 g/mol. The number of hydrogen-bond acceptors (Lipinski definition) is 4. The Labute approximate surface area is 110 Å². The highest BCUT2D eigenvalue weighted by Gasteiger charge is 2.12. The molecule has 0 saturated heterocycles. The lowest BCUT2D eigenvalue weighted by atomic mass is 10.2. The van der Waals surface area contributed by atoms with E-state index in [1.165, 1.54) is 0 Å². The largest absolute Gasteiger partial charge is 0.479 e. The van der Waals surface area contributed by atoms with E-state index in [1.807, 2.05) is 34.7 Å². The summed E-state index contributed by atoms with van der Waals surface area (Å²) in [5, 5.41) is 9.26. The van der Waals surface area contributed by atoms with Crippen LogP contribution >= 0.6 is 0 Å². The summed E-state index contributed by atoms with van der Waals surface area (Å²) in [6, 6.07) is 9.85. The molecule has 5 heteroatoms. The standard InChI is InChI=1S/C14H13N3O2/c1-19-14-12-7-15-13(10-5-3-2-4-6-10)17(12)8-11(9-18)16-14/h2-8,18H,9H2,1H3. The zero-order valence-corrected chi connectivity index (χ0v) is 10.4. The number of fused-ring (bicyclic) bond motifs is 1. The fourth-order valence-electron chi connectivity index (χ4n) is 2.04. The number of hydrogen-bond donors (Lipinski definition) is 1. The predicted molar refractivity (Wildman–Crippen MR) is 70.9 cm³/mol. The molecule has 0 radical (unpaired) electrons. The first-order valence-electron chi connectivity index (χ1n) is 5.90. The van der Waals surface area contributed by atoms with Gasteiger partial charge >= 0.3 is 0 Å². The van der Waals surface area contributed by atoms with Gasteiger partial charge in [-0.05, 0) is 0 Å². The molecule has 5 nitrogen and oxygen atoms in total. The summed E-state index contributed by atoms with van der Waals surface area (Å²) in [7, 11) is 1.55. The van der Waals surface area contributed by atoms with Crippen molar-refractivity contribution < 1.29 is 9.84 Å². The number of nitrogens with zero attached hydrogens (tertiary/aromatic N) is 3. The number of imidazole rings is 1. The van der Waals surface area contributed by atoms with Crippen LogP contribution in [0.5, 0.6) is 5.88 Å². The van der Waals surface area contributed by atoms with Crippen LogP contribution < -0.4 is 4.74 Å². The molecule has 0 aliphatic carbocycles. The maximum Gasteiger partial charge on any atom is 0.240 e. The van der Waals surface area contributed by atoms with Crippen LogP contribution in [0.2, 0.25) is 0 Å². The van der Waals surface area contributed by atoms with E-state index in [4.69, 9.17) is 4.74 Å². The van der Waals surface area contributed by atoms with Crippen molar-refractivity contribution >= 4 is 5.52 Å². The number of ether oxygens (including phenoxy) is 1. The van der Waals surface area contributed by atoms with Gasteiger partial charge in [-0.15, -0.1) is 0 Å². The summed E-state index contributed by atoms with van der Waals surface area (Å²) in [4.78, 5) is 8.62. The lowest BCUT2D eigenvalue weighted by Crippen LogP contribution is -2.00. The molecule has 19 heavy (non-hydrogen) atoms. The molecule has 0 atom stereocenters. The van der Waals surface area contributed by atoms with Crippen LogP contribution in [0.25, 0.3) is 16.9 Å². The van der Waals surface area contributed by atoms with Crippen LogP contribution in [-0.2, 0) is 6.61 Å². The quantitative estimate of drug-likeness (QED) is 0.776. The molecular weight excluding hydrogens is 242 g/mol. The lowest BCUT2D eigenvalue weighted by molar-refractivity contribution is 0.273. The second kappa shape index (κ2) is 4.70. The fraction of sp³-hybridized carbons (Fsp3) is 0.143. The van der Waals surface area contributed by atoms with Crippen molar-refractivity contribution in [3.8, 4) is 17.3 Å². The summed E-state index contributed by atoms with van der Waals surface area (Å²) < 4.78 is 7.12. The third kappa shape index (κ3) is 1.94. The lowest BCUT2D eigenvalue weighted by Gasteiger charge is -2.06. The Morgan fingerprint density at radius 2 is 2.05 bits per heavy atom. The summed E-state index contributed by atoms with van der Waals surface area (Å²) >= 11 is 0. The third-order valence-corrected chi connectivity index (χ3v) is 2.93. The summed E-state index contributed by atoms with van der Waals surface area (Å²) in [5.41, 5.74) is 2.32. The van der Waals surface area contributed by atoms with E-state index in [0.717, 1.165) is 16.9 Å². The highest BCUT2D eigenvalue weighted by Crippen LogP contribution is 2.24. The summed E-state index contributed by atoms with van der Waals surface area (Å²) in [6.45, 7) is -0.140. The number of benzene rings is 1. The van der Waals surface area contributed by atoms with Gasteiger partial charge in [-0.2, -0.15) is 0 Å². The van der Waals surface area contributed by atoms with Crippen molar-refractivity contribution in [2.45, 2.75) is 6.61 Å². The molecule has 3 rings (SSSR count). The molecule has 0 fully saturated rings. The minimum atomic E-state index is -0.140. The van der Waals surface area contributed by atoms with Crippen LogP contribution in [0.3, 0.4) is 0 Å². The molecule has 2 heterocycles. The van der Waals surface area contributed by atoms with Crippen LogP contribution in [0, 0.1) is 0 Å². The molecule has 0 aliphatic rings. The first-order valence-corrected chi connectivity index (χ1v) is 5.90. The van der Waals surface area contributed by atoms with Gasteiger partial charge in [-0.1, -0.05) is 30.3 Å². The molecule has 1 aromatic carbocycles. The van der Waals surface area contributed by atoms with Gasteiger partial charge in [0.25, 0.3) is 0 Å². The Bertz CT molecular complexity index is 707. The maximum absolute atomic E-state index is 9.26. The summed E-state index contributed by atoms with van der Waals surface area (Å²) in [6.07, 6.45) is 3.49. The van der Waals surface area contributed by atoms with Crippen LogP contribution in [0.4, 0.5) is 0 Å². The van der Waals surface area contributed by atoms with Gasteiger partial charge in [0, 0.05) is 11.8 Å². The molecule has 0 saturated carbocycles. The molecular formula is C14H13N3O2. The topological polar surface area (TPSA) is 59.7 Å².